The predicted octanol–water partition coefficient (Wildman–Crippen LogP) is 1.95. The lowest BCUT2D eigenvalue weighted by Crippen LogP contribution is -2.27. The lowest BCUT2D eigenvalue weighted by molar-refractivity contribution is 0.252. The average molecular weight is 388 g/mol. The summed E-state index contributed by atoms with van der Waals surface area (Å²) in [6.45, 7) is 1.27. The molecule has 2 aromatic rings. The van der Waals surface area contributed by atoms with Gasteiger partial charge < -0.3 is 9.84 Å². The van der Waals surface area contributed by atoms with E-state index in [4.69, 9.17) is 4.52 Å². The van der Waals surface area contributed by atoms with E-state index in [0.717, 1.165) is 17.7 Å². The van der Waals surface area contributed by atoms with Gasteiger partial charge in [0, 0.05) is 30.3 Å². The number of benzene rings is 1. The number of amides is 2. The van der Waals surface area contributed by atoms with Gasteiger partial charge in [-0.2, -0.15) is 4.98 Å². The molecule has 0 bridgehead atoms. The van der Waals surface area contributed by atoms with Crippen molar-refractivity contribution in [1.82, 2.24) is 15.5 Å². The summed E-state index contributed by atoms with van der Waals surface area (Å²) < 4.78 is 28.9. The summed E-state index contributed by atoms with van der Waals surface area (Å²) >= 11 is 0. The van der Waals surface area contributed by atoms with Crippen LogP contribution in [0.4, 0.5) is 10.5 Å². The highest BCUT2D eigenvalue weighted by Gasteiger charge is 2.59. The quantitative estimate of drug-likeness (QED) is 0.862. The maximum atomic E-state index is 11.9. The second-order valence-electron chi connectivity index (χ2n) is 7.66. The Morgan fingerprint density at radius 2 is 2.07 bits per heavy atom. The fourth-order valence-corrected chi connectivity index (χ4v) is 5.86. The standard InChI is InChI=1S/C18H20N4O4S/c23-17-19-6-7-22(17)13-3-1-2-12(10-13)15-20-16(26-21-15)14-11-18(14)4-8-27(24,25)9-5-18/h1-3,10,14H,4-9,11H2,(H,19,23). The van der Waals surface area contributed by atoms with E-state index in [1.807, 2.05) is 24.3 Å². The number of nitrogens with one attached hydrogen (secondary N) is 1. The number of nitrogens with zero attached hydrogens (tertiary/aromatic N) is 3. The lowest BCUT2D eigenvalue weighted by Gasteiger charge is -2.21. The van der Waals surface area contributed by atoms with E-state index in [2.05, 4.69) is 15.5 Å². The van der Waals surface area contributed by atoms with E-state index in [-0.39, 0.29) is 28.9 Å². The summed E-state index contributed by atoms with van der Waals surface area (Å²) in [4.78, 5) is 18.1. The van der Waals surface area contributed by atoms with Crippen molar-refractivity contribution in [3.8, 4) is 11.4 Å². The van der Waals surface area contributed by atoms with Crippen LogP contribution in [0.1, 0.15) is 31.1 Å². The van der Waals surface area contributed by atoms with Gasteiger partial charge in [0.15, 0.2) is 0 Å². The van der Waals surface area contributed by atoms with Gasteiger partial charge in [-0.25, -0.2) is 13.2 Å². The van der Waals surface area contributed by atoms with E-state index >= 15 is 0 Å². The Balaban J connectivity index is 1.35. The molecular weight excluding hydrogens is 368 g/mol. The molecule has 3 fully saturated rings. The topological polar surface area (TPSA) is 105 Å². The van der Waals surface area contributed by atoms with Gasteiger partial charge in [0.05, 0.1) is 11.5 Å². The zero-order valence-electron chi connectivity index (χ0n) is 14.7. The molecule has 1 aromatic carbocycles. The number of anilines is 1. The third-order valence-corrected chi connectivity index (χ3v) is 7.68. The van der Waals surface area contributed by atoms with Crippen LogP contribution in [-0.2, 0) is 9.84 Å². The molecular formula is C18H20N4O4S. The van der Waals surface area contributed by atoms with E-state index < -0.39 is 9.84 Å². The second kappa shape index (κ2) is 5.79. The summed E-state index contributed by atoms with van der Waals surface area (Å²) in [7, 11) is -2.88. The Bertz CT molecular complexity index is 1000. The first-order valence-electron chi connectivity index (χ1n) is 9.16. The summed E-state index contributed by atoms with van der Waals surface area (Å²) in [5.41, 5.74) is 1.61. The second-order valence-corrected chi connectivity index (χ2v) is 9.96. The number of hydrogen-bond donors (Lipinski definition) is 1. The third kappa shape index (κ3) is 2.90. The third-order valence-electron chi connectivity index (χ3n) is 6.02. The number of hydrogen-bond acceptors (Lipinski definition) is 6. The van der Waals surface area contributed by atoms with Crippen molar-refractivity contribution in [1.29, 1.82) is 0 Å². The maximum Gasteiger partial charge on any atom is 0.321 e. The Kier molecular flexibility index (Phi) is 3.59. The van der Waals surface area contributed by atoms with Gasteiger partial charge in [-0.3, -0.25) is 4.90 Å². The smallest absolute Gasteiger partial charge is 0.321 e. The van der Waals surface area contributed by atoms with E-state index in [1.165, 1.54) is 0 Å². The highest BCUT2D eigenvalue weighted by atomic mass is 32.2. The van der Waals surface area contributed by atoms with Gasteiger partial charge in [0.25, 0.3) is 0 Å². The predicted molar refractivity (Wildman–Crippen MR) is 98.2 cm³/mol. The zero-order valence-corrected chi connectivity index (χ0v) is 15.5. The minimum Gasteiger partial charge on any atom is -0.339 e. The van der Waals surface area contributed by atoms with Crippen molar-refractivity contribution in [2.24, 2.45) is 5.41 Å². The lowest BCUT2D eigenvalue weighted by atomic mass is 9.96. The van der Waals surface area contributed by atoms with Gasteiger partial charge in [0.1, 0.15) is 9.84 Å². The van der Waals surface area contributed by atoms with Crippen LogP contribution in [-0.4, -0.2) is 49.2 Å². The highest BCUT2D eigenvalue weighted by Crippen LogP contribution is 2.64. The molecule has 2 aliphatic heterocycles. The van der Waals surface area contributed by atoms with Crippen LogP contribution in [0.5, 0.6) is 0 Å². The summed E-state index contributed by atoms with van der Waals surface area (Å²) in [6, 6.07) is 7.43. The maximum absolute atomic E-state index is 11.9. The molecule has 27 heavy (non-hydrogen) atoms. The molecule has 142 valence electrons. The van der Waals surface area contributed by atoms with Gasteiger partial charge in [0.2, 0.25) is 11.7 Å². The molecule has 1 N–H and O–H groups in total. The molecule has 1 spiro atoms. The Morgan fingerprint density at radius 3 is 2.81 bits per heavy atom. The number of carbonyl (C=O) groups excluding carboxylic acids is 1. The molecule has 3 heterocycles. The first-order chi connectivity index (χ1) is 13.0. The van der Waals surface area contributed by atoms with Gasteiger partial charge >= 0.3 is 6.03 Å². The number of carbonyl (C=O) groups is 1. The van der Waals surface area contributed by atoms with E-state index in [9.17, 15) is 13.2 Å². The number of aromatic nitrogens is 2. The van der Waals surface area contributed by atoms with Crippen molar-refractivity contribution < 1.29 is 17.7 Å². The molecule has 8 nitrogen and oxygen atoms in total. The van der Waals surface area contributed by atoms with Crippen LogP contribution < -0.4 is 10.2 Å². The normalized spacial score (nSPS) is 25.6. The Labute approximate surface area is 156 Å². The molecule has 2 saturated heterocycles. The molecule has 1 unspecified atom stereocenters. The summed E-state index contributed by atoms with van der Waals surface area (Å²) in [6.07, 6.45) is 2.27. The molecule has 1 aliphatic carbocycles. The van der Waals surface area contributed by atoms with Crippen LogP contribution in [0.3, 0.4) is 0 Å². The van der Waals surface area contributed by atoms with Crippen molar-refractivity contribution >= 4 is 21.6 Å². The monoisotopic (exact) mass is 388 g/mol. The number of urea groups is 1. The molecule has 9 heteroatoms. The molecule has 1 aromatic heterocycles. The molecule has 1 atom stereocenters. The molecule has 1 saturated carbocycles. The van der Waals surface area contributed by atoms with Crippen LogP contribution in [0.15, 0.2) is 28.8 Å². The number of sulfone groups is 1. The van der Waals surface area contributed by atoms with Gasteiger partial charge in [-0.05, 0) is 36.8 Å². The minimum absolute atomic E-state index is 0.0185. The SMILES string of the molecule is O=C1NCCN1c1cccc(-c2noc(C3CC34CCS(=O)(=O)CC4)n2)c1. The van der Waals surface area contributed by atoms with Crippen molar-refractivity contribution in [3.63, 3.8) is 0 Å². The van der Waals surface area contributed by atoms with Crippen LogP contribution in [0, 0.1) is 5.41 Å². The molecule has 0 radical (unpaired) electrons. The zero-order chi connectivity index (χ0) is 18.6. The van der Waals surface area contributed by atoms with Crippen molar-refractivity contribution in [3.05, 3.63) is 30.2 Å². The fraction of sp³-hybridized carbons (Fsp3) is 0.500. The van der Waals surface area contributed by atoms with Crippen molar-refractivity contribution in [2.45, 2.75) is 25.2 Å². The van der Waals surface area contributed by atoms with Crippen LogP contribution >= 0.6 is 0 Å². The molecule has 2 amide bonds. The van der Waals surface area contributed by atoms with Gasteiger partial charge in [-0.15, -0.1) is 0 Å². The average Bonchev–Trinajstić information content (AvgIpc) is 2.99. The first-order valence-corrected chi connectivity index (χ1v) is 11.0. The molecule has 5 rings (SSSR count). The largest absolute Gasteiger partial charge is 0.339 e. The number of rotatable bonds is 3. The van der Waals surface area contributed by atoms with E-state index in [0.29, 0.717) is 37.6 Å². The van der Waals surface area contributed by atoms with E-state index in [1.54, 1.807) is 4.90 Å². The first kappa shape index (κ1) is 16.7. The summed E-state index contributed by atoms with van der Waals surface area (Å²) in [5.74, 6) is 1.75. The van der Waals surface area contributed by atoms with Crippen molar-refractivity contribution in [2.75, 3.05) is 29.5 Å². The fourth-order valence-electron chi connectivity index (χ4n) is 4.22. The molecule has 3 aliphatic rings. The van der Waals surface area contributed by atoms with Gasteiger partial charge in [-0.1, -0.05) is 17.3 Å². The highest BCUT2D eigenvalue weighted by molar-refractivity contribution is 7.91. The summed E-state index contributed by atoms with van der Waals surface area (Å²) in [5, 5.41) is 6.91. The Hall–Kier alpha value is -2.42. The van der Waals surface area contributed by atoms with Crippen LogP contribution in [0.2, 0.25) is 0 Å². The minimum atomic E-state index is -2.88. The Morgan fingerprint density at radius 1 is 1.26 bits per heavy atom. The van der Waals surface area contributed by atoms with Crippen LogP contribution in [0.25, 0.3) is 11.4 Å².